The maximum atomic E-state index is 13.6. The van der Waals surface area contributed by atoms with Crippen LogP contribution in [0.1, 0.15) is 17.3 Å². The van der Waals surface area contributed by atoms with Gasteiger partial charge in [0.25, 0.3) is 0 Å². The van der Waals surface area contributed by atoms with Crippen molar-refractivity contribution in [2.45, 2.75) is 19.1 Å². The molecule has 2 amide bonds. The van der Waals surface area contributed by atoms with E-state index in [2.05, 4.69) is 15.5 Å². The van der Waals surface area contributed by atoms with E-state index in [4.69, 9.17) is 0 Å². The summed E-state index contributed by atoms with van der Waals surface area (Å²) in [4.78, 5) is 11.7. The summed E-state index contributed by atoms with van der Waals surface area (Å²) in [7, 11) is 0. The van der Waals surface area contributed by atoms with E-state index in [1.54, 1.807) is 0 Å². The van der Waals surface area contributed by atoms with Gasteiger partial charge in [-0.15, -0.1) is 0 Å². The van der Waals surface area contributed by atoms with Crippen LogP contribution in [0, 0.1) is 18.6 Å². The van der Waals surface area contributed by atoms with Crippen LogP contribution in [0.25, 0.3) is 0 Å². The second-order valence-corrected chi connectivity index (χ2v) is 4.62. The molecule has 0 aliphatic carbocycles. The number of nitrogens with one attached hydrogen (secondary N) is 3. The number of H-pyrrole nitrogens is 1. The van der Waals surface area contributed by atoms with E-state index in [-0.39, 0.29) is 5.69 Å². The number of aryl methyl sites for hydroxylation is 1. The highest BCUT2D eigenvalue weighted by Crippen LogP contribution is 2.35. The van der Waals surface area contributed by atoms with E-state index in [1.807, 2.05) is 0 Å². The number of carbonyl (C=O) groups excluding carboxylic acids is 1. The minimum Gasteiger partial charge on any atom is -0.322 e. The number of alkyl halides is 3. The molecule has 23 heavy (non-hydrogen) atoms. The average molecular weight is 334 g/mol. The van der Waals surface area contributed by atoms with Gasteiger partial charge in [-0.1, -0.05) is 6.07 Å². The Labute approximate surface area is 126 Å². The number of benzene rings is 1. The zero-order chi connectivity index (χ0) is 17.2. The second kappa shape index (κ2) is 6.23. The van der Waals surface area contributed by atoms with E-state index in [9.17, 15) is 26.7 Å². The van der Waals surface area contributed by atoms with Gasteiger partial charge in [0.15, 0.2) is 6.04 Å². The van der Waals surface area contributed by atoms with Crippen LogP contribution in [-0.2, 0) is 0 Å². The van der Waals surface area contributed by atoms with Crippen LogP contribution in [0.4, 0.5) is 32.4 Å². The molecule has 0 saturated heterocycles. The molecular formula is C13H11F5N4O. The van der Waals surface area contributed by atoms with Crippen molar-refractivity contribution in [3.63, 3.8) is 0 Å². The van der Waals surface area contributed by atoms with Crippen LogP contribution in [0.3, 0.4) is 0 Å². The van der Waals surface area contributed by atoms with Crippen LogP contribution in [-0.4, -0.2) is 22.4 Å². The highest BCUT2D eigenvalue weighted by molar-refractivity contribution is 5.90. The lowest BCUT2D eigenvalue weighted by Gasteiger charge is -2.23. The van der Waals surface area contributed by atoms with Gasteiger partial charge >= 0.3 is 12.2 Å². The molecule has 0 spiro atoms. The summed E-state index contributed by atoms with van der Waals surface area (Å²) in [6.45, 7) is 1.53. The molecular weight excluding hydrogens is 323 g/mol. The summed E-state index contributed by atoms with van der Waals surface area (Å²) >= 11 is 0. The Morgan fingerprint density at radius 3 is 2.35 bits per heavy atom. The predicted octanol–water partition coefficient (Wildman–Crippen LogP) is 3.42. The predicted molar refractivity (Wildman–Crippen MR) is 70.6 cm³/mol. The maximum absolute atomic E-state index is 13.6. The van der Waals surface area contributed by atoms with Crippen molar-refractivity contribution < 1.29 is 26.7 Å². The quantitative estimate of drug-likeness (QED) is 0.753. The number of carbonyl (C=O) groups is 1. The number of nitrogens with zero attached hydrogens (tertiary/aromatic N) is 1. The number of aromatic nitrogens is 2. The Morgan fingerprint density at radius 1 is 1.26 bits per heavy atom. The minimum absolute atomic E-state index is 0.137. The molecule has 1 atom stereocenters. The zero-order valence-corrected chi connectivity index (χ0v) is 11.6. The molecule has 2 aromatic rings. The molecule has 1 unspecified atom stereocenters. The van der Waals surface area contributed by atoms with E-state index >= 15 is 0 Å². The van der Waals surface area contributed by atoms with Gasteiger partial charge in [0.1, 0.15) is 11.6 Å². The van der Waals surface area contributed by atoms with Gasteiger partial charge in [-0.3, -0.25) is 5.10 Å². The van der Waals surface area contributed by atoms with Crippen LogP contribution in [0.15, 0.2) is 24.4 Å². The SMILES string of the molecule is Cc1[nH]ncc1NC(=O)NC(c1c(F)cccc1F)C(F)(F)F. The summed E-state index contributed by atoms with van der Waals surface area (Å²) in [5.41, 5.74) is -0.739. The maximum Gasteiger partial charge on any atom is 0.413 e. The molecule has 5 nitrogen and oxygen atoms in total. The van der Waals surface area contributed by atoms with Crippen molar-refractivity contribution >= 4 is 11.7 Å². The highest BCUT2D eigenvalue weighted by atomic mass is 19.4. The molecule has 0 fully saturated rings. The van der Waals surface area contributed by atoms with Gasteiger partial charge in [0, 0.05) is 0 Å². The van der Waals surface area contributed by atoms with Gasteiger partial charge < -0.3 is 10.6 Å². The minimum atomic E-state index is -5.09. The summed E-state index contributed by atoms with van der Waals surface area (Å²) in [5, 5.41) is 9.69. The Hall–Kier alpha value is -2.65. The topological polar surface area (TPSA) is 69.8 Å². The van der Waals surface area contributed by atoms with Crippen molar-refractivity contribution in [2.75, 3.05) is 5.32 Å². The lowest BCUT2D eigenvalue weighted by molar-refractivity contribution is -0.155. The number of hydrogen-bond acceptors (Lipinski definition) is 2. The summed E-state index contributed by atoms with van der Waals surface area (Å²) in [6, 6.07) is -1.83. The lowest BCUT2D eigenvalue weighted by Crippen LogP contribution is -2.41. The van der Waals surface area contributed by atoms with E-state index in [0.29, 0.717) is 17.8 Å². The zero-order valence-electron chi connectivity index (χ0n) is 11.6. The fourth-order valence-corrected chi connectivity index (χ4v) is 1.87. The average Bonchev–Trinajstić information content (AvgIpc) is 2.81. The molecule has 0 saturated carbocycles. The van der Waals surface area contributed by atoms with Crippen molar-refractivity contribution in [1.82, 2.24) is 15.5 Å². The van der Waals surface area contributed by atoms with Crippen LogP contribution in [0.5, 0.6) is 0 Å². The van der Waals surface area contributed by atoms with Crippen LogP contribution < -0.4 is 10.6 Å². The second-order valence-electron chi connectivity index (χ2n) is 4.62. The van der Waals surface area contributed by atoms with Crippen molar-refractivity contribution in [1.29, 1.82) is 0 Å². The van der Waals surface area contributed by atoms with Gasteiger partial charge in [0.05, 0.1) is 23.1 Å². The number of aromatic amines is 1. The van der Waals surface area contributed by atoms with E-state index in [1.165, 1.54) is 18.4 Å². The monoisotopic (exact) mass is 334 g/mol. The first-order chi connectivity index (χ1) is 10.7. The Balaban J connectivity index is 2.27. The first-order valence-corrected chi connectivity index (χ1v) is 6.28. The molecule has 0 radical (unpaired) electrons. The molecule has 1 aromatic heterocycles. The van der Waals surface area contributed by atoms with Crippen molar-refractivity contribution in [3.8, 4) is 0 Å². The summed E-state index contributed by atoms with van der Waals surface area (Å²) in [5.74, 6) is -2.82. The summed E-state index contributed by atoms with van der Waals surface area (Å²) in [6.07, 6.45) is -3.91. The summed E-state index contributed by atoms with van der Waals surface area (Å²) < 4.78 is 66.5. The first-order valence-electron chi connectivity index (χ1n) is 6.28. The van der Waals surface area contributed by atoms with Crippen LogP contribution >= 0.6 is 0 Å². The Bertz CT molecular complexity index is 692. The fourth-order valence-electron chi connectivity index (χ4n) is 1.87. The molecule has 1 aromatic carbocycles. The van der Waals surface area contributed by atoms with Crippen molar-refractivity contribution in [3.05, 3.63) is 47.3 Å². The Kier molecular flexibility index (Phi) is 4.52. The number of halogens is 5. The number of urea groups is 1. The highest BCUT2D eigenvalue weighted by Gasteiger charge is 2.44. The van der Waals surface area contributed by atoms with Crippen molar-refractivity contribution in [2.24, 2.45) is 0 Å². The number of hydrogen-bond donors (Lipinski definition) is 3. The van der Waals surface area contributed by atoms with Gasteiger partial charge in [-0.05, 0) is 19.1 Å². The molecule has 1 heterocycles. The number of anilines is 1. The van der Waals surface area contributed by atoms with Gasteiger partial charge in [0.2, 0.25) is 0 Å². The van der Waals surface area contributed by atoms with E-state index < -0.39 is 35.4 Å². The van der Waals surface area contributed by atoms with Crippen LogP contribution in [0.2, 0.25) is 0 Å². The third kappa shape index (κ3) is 3.76. The standard InChI is InChI=1S/C13H11F5N4O/c1-6-9(5-19-22-6)20-12(23)21-11(13(16,17)18)10-7(14)3-2-4-8(10)15/h2-5,11H,1H3,(H,19,22)(H2,20,21,23). The molecule has 2 rings (SSSR count). The first kappa shape index (κ1) is 16.7. The largest absolute Gasteiger partial charge is 0.413 e. The smallest absolute Gasteiger partial charge is 0.322 e. The molecule has 124 valence electrons. The molecule has 0 bridgehead atoms. The molecule has 0 aliphatic heterocycles. The molecule has 10 heteroatoms. The Morgan fingerprint density at radius 2 is 1.87 bits per heavy atom. The van der Waals surface area contributed by atoms with E-state index in [0.717, 1.165) is 6.07 Å². The normalized spacial score (nSPS) is 12.8. The molecule has 0 aliphatic rings. The lowest BCUT2D eigenvalue weighted by atomic mass is 10.1. The third-order valence-corrected chi connectivity index (χ3v) is 2.97. The van der Waals surface area contributed by atoms with Gasteiger partial charge in [-0.25, -0.2) is 13.6 Å². The van der Waals surface area contributed by atoms with Gasteiger partial charge in [-0.2, -0.15) is 18.3 Å². The molecule has 3 N–H and O–H groups in total. The fraction of sp³-hybridized carbons (Fsp3) is 0.231. The number of rotatable bonds is 3. The third-order valence-electron chi connectivity index (χ3n) is 2.97. The number of amides is 2.